The fourth-order valence-electron chi connectivity index (χ4n) is 7.41. The molecule has 2 unspecified atom stereocenters. The van der Waals surface area contributed by atoms with Crippen LogP contribution < -0.4 is 9.80 Å². The Kier molecular flexibility index (Phi) is 7.09. The number of benzene rings is 3. The predicted octanol–water partition coefficient (Wildman–Crippen LogP) is 10.8. The minimum Gasteiger partial charge on any atom is -0.335 e. The van der Waals surface area contributed by atoms with Crippen LogP contribution in [0.15, 0.2) is 144 Å². The summed E-state index contributed by atoms with van der Waals surface area (Å²) in [5, 5.41) is 0. The summed E-state index contributed by atoms with van der Waals surface area (Å²) >= 11 is 0. The second-order valence-corrected chi connectivity index (χ2v) is 13.1. The molecule has 216 valence electrons. The summed E-state index contributed by atoms with van der Waals surface area (Å²) in [7, 11) is 0. The summed E-state index contributed by atoms with van der Waals surface area (Å²) in [4.78, 5) is 4.99. The molecule has 2 nitrogen and oxygen atoms in total. The molecule has 0 bridgehead atoms. The van der Waals surface area contributed by atoms with Gasteiger partial charge >= 0.3 is 0 Å². The third kappa shape index (κ3) is 5.03. The van der Waals surface area contributed by atoms with Crippen LogP contribution in [0.5, 0.6) is 0 Å². The first-order valence-electron chi connectivity index (χ1n) is 15.9. The van der Waals surface area contributed by atoms with Crippen molar-refractivity contribution in [3.8, 4) is 0 Å². The molecule has 4 aliphatic carbocycles. The molecule has 3 aromatic rings. The number of fused-ring (bicyclic) bond motifs is 2. The van der Waals surface area contributed by atoms with E-state index in [0.717, 1.165) is 25.7 Å². The Bertz CT molecular complexity index is 1710. The van der Waals surface area contributed by atoms with Crippen molar-refractivity contribution in [2.45, 2.75) is 64.8 Å². The largest absolute Gasteiger partial charge is 0.335 e. The molecule has 2 heteroatoms. The first-order chi connectivity index (χ1) is 20.9. The Hall–Kier alpha value is -4.30. The number of rotatable bonds is 6. The van der Waals surface area contributed by atoms with Gasteiger partial charge in [-0.1, -0.05) is 99.2 Å². The summed E-state index contributed by atoms with van der Waals surface area (Å²) in [6.45, 7) is 9.43. The van der Waals surface area contributed by atoms with Crippen LogP contribution in [0.25, 0.3) is 5.57 Å². The van der Waals surface area contributed by atoms with E-state index in [1.54, 1.807) is 5.57 Å². The summed E-state index contributed by atoms with van der Waals surface area (Å²) in [5.41, 5.74) is 13.4. The maximum Gasteiger partial charge on any atom is 0.0563 e. The van der Waals surface area contributed by atoms with Crippen LogP contribution in [0.1, 0.15) is 64.5 Å². The molecule has 0 N–H and O–H groups in total. The van der Waals surface area contributed by atoms with Gasteiger partial charge < -0.3 is 9.80 Å². The van der Waals surface area contributed by atoms with Crippen molar-refractivity contribution in [3.63, 3.8) is 0 Å². The molecule has 0 heterocycles. The van der Waals surface area contributed by atoms with E-state index in [4.69, 9.17) is 0 Å². The molecule has 0 saturated carbocycles. The van der Waals surface area contributed by atoms with Crippen LogP contribution in [-0.4, -0.2) is 6.04 Å². The van der Waals surface area contributed by atoms with Crippen LogP contribution in [0.2, 0.25) is 0 Å². The first kappa shape index (κ1) is 27.5. The smallest absolute Gasteiger partial charge is 0.0563 e. The van der Waals surface area contributed by atoms with Gasteiger partial charge in [0.15, 0.2) is 0 Å². The molecule has 4 aliphatic rings. The van der Waals surface area contributed by atoms with Crippen molar-refractivity contribution in [3.05, 3.63) is 155 Å². The zero-order valence-electron chi connectivity index (χ0n) is 25.9. The van der Waals surface area contributed by atoms with Crippen molar-refractivity contribution in [1.29, 1.82) is 0 Å². The van der Waals surface area contributed by atoms with Crippen LogP contribution in [0, 0.1) is 5.92 Å². The fourth-order valence-corrected chi connectivity index (χ4v) is 7.41. The number of nitrogens with zero attached hydrogens (tertiary/aromatic N) is 2. The van der Waals surface area contributed by atoms with Crippen LogP contribution in [-0.2, 0) is 5.41 Å². The molecule has 3 aromatic carbocycles. The van der Waals surface area contributed by atoms with Crippen molar-refractivity contribution >= 4 is 22.6 Å². The molecule has 0 radical (unpaired) electrons. The van der Waals surface area contributed by atoms with Crippen LogP contribution >= 0.6 is 0 Å². The van der Waals surface area contributed by atoms with E-state index in [0.29, 0.717) is 5.92 Å². The van der Waals surface area contributed by atoms with E-state index in [1.165, 1.54) is 50.7 Å². The van der Waals surface area contributed by atoms with Gasteiger partial charge in [0, 0.05) is 33.9 Å². The molecule has 2 atom stereocenters. The van der Waals surface area contributed by atoms with Crippen molar-refractivity contribution in [2.75, 3.05) is 9.80 Å². The third-order valence-corrected chi connectivity index (χ3v) is 9.66. The monoisotopic (exact) mass is 562 g/mol. The van der Waals surface area contributed by atoms with Crippen LogP contribution in [0.3, 0.4) is 0 Å². The molecule has 0 spiro atoms. The topological polar surface area (TPSA) is 6.48 Å². The number of para-hydroxylation sites is 2. The quantitative estimate of drug-likeness (QED) is 0.295. The Morgan fingerprint density at radius 1 is 0.814 bits per heavy atom. The van der Waals surface area contributed by atoms with Crippen molar-refractivity contribution in [2.24, 2.45) is 5.92 Å². The van der Waals surface area contributed by atoms with Crippen LogP contribution in [0.4, 0.5) is 17.1 Å². The summed E-state index contributed by atoms with van der Waals surface area (Å²) in [6.07, 6.45) is 21.0. The van der Waals surface area contributed by atoms with E-state index in [1.807, 2.05) is 0 Å². The Morgan fingerprint density at radius 2 is 1.56 bits per heavy atom. The number of hydrogen-bond donors (Lipinski definition) is 0. The van der Waals surface area contributed by atoms with Gasteiger partial charge in [0.1, 0.15) is 0 Å². The number of hydrogen-bond acceptors (Lipinski definition) is 2. The van der Waals surface area contributed by atoms with E-state index in [9.17, 15) is 0 Å². The van der Waals surface area contributed by atoms with Gasteiger partial charge in [-0.05, 0) is 109 Å². The maximum absolute atomic E-state index is 2.55. The standard InChI is InChI=1S/C41H42N2/c1-29-13-11-19-33(25-29)42(31-15-7-5-8-16-31)35-21-23-37-38-24-22-36(28-40(38)41(3,4)39(37)27-35)43(32-17-9-6-10-18-32)34-20-12-14-30(2)26-34/h5-11,15-26,28-29,35H,12-14,27H2,1-4H3. The minimum absolute atomic E-state index is 0.0643. The average molecular weight is 563 g/mol. The highest BCUT2D eigenvalue weighted by Crippen LogP contribution is 2.52. The highest BCUT2D eigenvalue weighted by Gasteiger charge is 2.41. The van der Waals surface area contributed by atoms with Gasteiger partial charge in [-0.3, -0.25) is 0 Å². The van der Waals surface area contributed by atoms with E-state index >= 15 is 0 Å². The Morgan fingerprint density at radius 3 is 2.28 bits per heavy atom. The zero-order valence-corrected chi connectivity index (χ0v) is 25.9. The van der Waals surface area contributed by atoms with Crippen molar-refractivity contribution in [1.82, 2.24) is 0 Å². The van der Waals surface area contributed by atoms with Crippen molar-refractivity contribution < 1.29 is 0 Å². The van der Waals surface area contributed by atoms with E-state index < -0.39 is 0 Å². The molecule has 0 aliphatic heterocycles. The zero-order chi connectivity index (χ0) is 29.6. The maximum atomic E-state index is 2.55. The second-order valence-electron chi connectivity index (χ2n) is 13.1. The summed E-state index contributed by atoms with van der Waals surface area (Å²) < 4.78 is 0. The molecular weight excluding hydrogens is 520 g/mol. The molecule has 0 amide bonds. The molecule has 43 heavy (non-hydrogen) atoms. The Labute approximate surface area is 257 Å². The Balaban J connectivity index is 1.26. The fraction of sp³-hybridized carbons (Fsp3) is 0.268. The van der Waals surface area contributed by atoms with Gasteiger partial charge in [-0.25, -0.2) is 0 Å². The molecule has 0 saturated heterocycles. The van der Waals surface area contributed by atoms with Gasteiger partial charge in [-0.15, -0.1) is 0 Å². The lowest BCUT2D eigenvalue weighted by molar-refractivity contribution is 0.580. The third-order valence-electron chi connectivity index (χ3n) is 9.66. The van der Waals surface area contributed by atoms with Gasteiger partial charge in [0.25, 0.3) is 0 Å². The lowest BCUT2D eigenvalue weighted by Crippen LogP contribution is -2.36. The number of anilines is 3. The molecule has 0 aromatic heterocycles. The molecule has 7 rings (SSSR count). The van der Waals surface area contributed by atoms with Gasteiger partial charge in [0.05, 0.1) is 6.04 Å². The minimum atomic E-state index is -0.0643. The first-order valence-corrected chi connectivity index (χ1v) is 15.9. The predicted molar refractivity (Wildman–Crippen MR) is 184 cm³/mol. The summed E-state index contributed by atoms with van der Waals surface area (Å²) in [6, 6.07) is 29.2. The molecular formula is C41H42N2. The molecule has 0 fully saturated rings. The highest BCUT2D eigenvalue weighted by molar-refractivity contribution is 5.89. The number of allylic oxidation sites excluding steroid dienone is 8. The second kappa shape index (κ2) is 11.1. The summed E-state index contributed by atoms with van der Waals surface area (Å²) in [5.74, 6) is 0.546. The highest BCUT2D eigenvalue weighted by atomic mass is 15.2. The van der Waals surface area contributed by atoms with E-state index in [2.05, 4.69) is 159 Å². The average Bonchev–Trinajstić information content (AvgIpc) is 3.24. The lowest BCUT2D eigenvalue weighted by atomic mass is 9.77. The SMILES string of the molecule is CC1=CC(N(c2ccccc2)c2ccc3c(c2)C(C)(C)C2=C3C=CC(N(C3=CC(C)CC=C3)c3ccccc3)C2)=CCC1. The lowest BCUT2D eigenvalue weighted by Gasteiger charge is -2.38. The van der Waals surface area contributed by atoms with E-state index in [-0.39, 0.29) is 11.5 Å². The van der Waals surface area contributed by atoms with Gasteiger partial charge in [-0.2, -0.15) is 0 Å². The normalized spacial score (nSPS) is 21.9. The van der Waals surface area contributed by atoms with Gasteiger partial charge in [0.2, 0.25) is 0 Å².